The number of halogens is 1. The van der Waals surface area contributed by atoms with E-state index in [9.17, 15) is 9.59 Å². The molecule has 3 N–H and O–H groups in total. The van der Waals surface area contributed by atoms with E-state index in [4.69, 9.17) is 16.3 Å². The van der Waals surface area contributed by atoms with Gasteiger partial charge in [0.2, 0.25) is 5.91 Å². The standard InChI is InChI=1S/C23H22ClN3O3/c1-15(22(28)27-20-5-3-4-17(24)14-20)25-18-8-6-16(7-9-18)23(29)26-19-10-12-21(30-2)13-11-19/h3-15,25H,1-2H3,(H,26,29)(H,27,28)/t15-/m0/s1. The molecule has 0 bridgehead atoms. The lowest BCUT2D eigenvalue weighted by Gasteiger charge is -2.16. The monoisotopic (exact) mass is 423 g/mol. The van der Waals surface area contributed by atoms with Gasteiger partial charge in [-0.2, -0.15) is 0 Å². The van der Waals surface area contributed by atoms with Crippen LogP contribution >= 0.6 is 11.6 Å². The van der Waals surface area contributed by atoms with Crippen molar-refractivity contribution in [3.63, 3.8) is 0 Å². The predicted molar refractivity (Wildman–Crippen MR) is 121 cm³/mol. The molecule has 3 rings (SSSR count). The number of ether oxygens (including phenoxy) is 1. The predicted octanol–water partition coefficient (Wildman–Crippen LogP) is 5.04. The van der Waals surface area contributed by atoms with E-state index in [1.807, 2.05) is 0 Å². The van der Waals surface area contributed by atoms with Crippen molar-refractivity contribution in [1.29, 1.82) is 0 Å². The van der Waals surface area contributed by atoms with Crippen LogP contribution in [-0.4, -0.2) is 25.0 Å². The maximum Gasteiger partial charge on any atom is 0.255 e. The first kappa shape index (κ1) is 21.2. The Morgan fingerprint density at radius 2 is 1.53 bits per heavy atom. The zero-order valence-electron chi connectivity index (χ0n) is 16.6. The summed E-state index contributed by atoms with van der Waals surface area (Å²) in [6, 6.07) is 20.5. The van der Waals surface area contributed by atoms with Gasteiger partial charge >= 0.3 is 0 Å². The zero-order valence-corrected chi connectivity index (χ0v) is 17.4. The lowest BCUT2D eigenvalue weighted by molar-refractivity contribution is -0.116. The molecule has 154 valence electrons. The molecule has 0 aliphatic heterocycles. The van der Waals surface area contributed by atoms with Crippen molar-refractivity contribution in [2.24, 2.45) is 0 Å². The average Bonchev–Trinajstić information content (AvgIpc) is 2.74. The molecule has 0 aliphatic carbocycles. The van der Waals surface area contributed by atoms with Crippen LogP contribution in [0.1, 0.15) is 17.3 Å². The van der Waals surface area contributed by atoms with Crippen molar-refractivity contribution in [3.05, 3.63) is 83.4 Å². The van der Waals surface area contributed by atoms with Crippen molar-refractivity contribution in [1.82, 2.24) is 0 Å². The minimum absolute atomic E-state index is 0.196. The number of nitrogens with one attached hydrogen (secondary N) is 3. The highest BCUT2D eigenvalue weighted by Crippen LogP contribution is 2.18. The van der Waals surface area contributed by atoms with E-state index < -0.39 is 6.04 Å². The SMILES string of the molecule is COc1ccc(NC(=O)c2ccc(N[C@@H](C)C(=O)Nc3cccc(Cl)c3)cc2)cc1. The van der Waals surface area contributed by atoms with E-state index in [-0.39, 0.29) is 11.8 Å². The Morgan fingerprint density at radius 3 is 2.17 bits per heavy atom. The van der Waals surface area contributed by atoms with Crippen molar-refractivity contribution in [2.45, 2.75) is 13.0 Å². The number of benzene rings is 3. The Labute approximate surface area is 180 Å². The second-order valence-electron chi connectivity index (χ2n) is 6.63. The van der Waals surface area contributed by atoms with Gasteiger partial charge in [-0.05, 0) is 73.7 Å². The summed E-state index contributed by atoms with van der Waals surface area (Å²) in [6.07, 6.45) is 0. The third-order valence-corrected chi connectivity index (χ3v) is 4.60. The molecule has 0 heterocycles. The number of methoxy groups -OCH3 is 1. The van der Waals surface area contributed by atoms with Crippen LogP contribution in [0.15, 0.2) is 72.8 Å². The summed E-state index contributed by atoms with van der Waals surface area (Å²) >= 11 is 5.94. The normalized spacial score (nSPS) is 11.3. The maximum absolute atomic E-state index is 12.4. The van der Waals surface area contributed by atoms with Crippen LogP contribution in [0.2, 0.25) is 5.02 Å². The van der Waals surface area contributed by atoms with Crippen molar-refractivity contribution >= 4 is 40.5 Å². The van der Waals surface area contributed by atoms with Crippen LogP contribution in [0, 0.1) is 0 Å². The minimum Gasteiger partial charge on any atom is -0.497 e. The van der Waals surface area contributed by atoms with Crippen LogP contribution in [0.5, 0.6) is 5.75 Å². The molecule has 3 aromatic rings. The van der Waals surface area contributed by atoms with Crippen LogP contribution in [0.25, 0.3) is 0 Å². The second kappa shape index (κ2) is 9.80. The Kier molecular flexibility index (Phi) is 6.93. The molecule has 0 saturated heterocycles. The largest absolute Gasteiger partial charge is 0.497 e. The molecule has 7 heteroatoms. The first-order chi connectivity index (χ1) is 14.4. The van der Waals surface area contributed by atoms with Crippen molar-refractivity contribution < 1.29 is 14.3 Å². The van der Waals surface area contributed by atoms with Crippen LogP contribution < -0.4 is 20.7 Å². The van der Waals surface area contributed by atoms with E-state index in [1.54, 1.807) is 86.8 Å². The van der Waals surface area contributed by atoms with Crippen molar-refractivity contribution in [3.8, 4) is 5.75 Å². The van der Waals surface area contributed by atoms with Crippen LogP contribution in [-0.2, 0) is 4.79 Å². The third-order valence-electron chi connectivity index (χ3n) is 4.36. The molecule has 0 radical (unpaired) electrons. The van der Waals surface area contributed by atoms with Gasteiger partial charge in [-0.1, -0.05) is 17.7 Å². The molecular formula is C23H22ClN3O3. The highest BCUT2D eigenvalue weighted by atomic mass is 35.5. The van der Waals surface area contributed by atoms with Gasteiger partial charge in [-0.15, -0.1) is 0 Å². The molecule has 0 aliphatic rings. The topological polar surface area (TPSA) is 79.5 Å². The maximum atomic E-state index is 12.4. The average molecular weight is 424 g/mol. The van der Waals surface area contributed by atoms with Gasteiger partial charge in [-0.3, -0.25) is 9.59 Å². The molecular weight excluding hydrogens is 402 g/mol. The van der Waals surface area contributed by atoms with Gasteiger partial charge in [0.05, 0.1) is 7.11 Å². The zero-order chi connectivity index (χ0) is 21.5. The number of anilines is 3. The number of carbonyl (C=O) groups is 2. The Bertz CT molecular complexity index is 1020. The quantitative estimate of drug-likeness (QED) is 0.497. The smallest absolute Gasteiger partial charge is 0.255 e. The van der Waals surface area contributed by atoms with E-state index in [0.717, 1.165) is 11.4 Å². The van der Waals surface area contributed by atoms with E-state index in [2.05, 4.69) is 16.0 Å². The summed E-state index contributed by atoms with van der Waals surface area (Å²) in [6.45, 7) is 1.75. The Morgan fingerprint density at radius 1 is 0.867 bits per heavy atom. The van der Waals surface area contributed by atoms with Gasteiger partial charge in [-0.25, -0.2) is 0 Å². The first-order valence-corrected chi connectivity index (χ1v) is 9.71. The van der Waals surface area contributed by atoms with Gasteiger partial charge in [0.25, 0.3) is 5.91 Å². The molecule has 0 unspecified atom stereocenters. The molecule has 0 saturated carbocycles. The van der Waals surface area contributed by atoms with E-state index in [0.29, 0.717) is 22.0 Å². The van der Waals surface area contributed by atoms with Gasteiger partial charge in [0.15, 0.2) is 0 Å². The molecule has 30 heavy (non-hydrogen) atoms. The fourth-order valence-electron chi connectivity index (χ4n) is 2.73. The summed E-state index contributed by atoms with van der Waals surface area (Å²) < 4.78 is 5.10. The number of amides is 2. The Balaban J connectivity index is 1.56. The van der Waals surface area contributed by atoms with Crippen LogP contribution in [0.3, 0.4) is 0 Å². The lowest BCUT2D eigenvalue weighted by Crippen LogP contribution is -2.31. The summed E-state index contributed by atoms with van der Waals surface area (Å²) in [5.74, 6) is 0.300. The lowest BCUT2D eigenvalue weighted by atomic mass is 10.1. The van der Waals surface area contributed by atoms with Crippen molar-refractivity contribution in [2.75, 3.05) is 23.1 Å². The second-order valence-corrected chi connectivity index (χ2v) is 7.06. The van der Waals surface area contributed by atoms with Gasteiger partial charge in [0, 0.05) is 27.6 Å². The number of carbonyl (C=O) groups excluding carboxylic acids is 2. The Hall–Kier alpha value is -3.51. The highest BCUT2D eigenvalue weighted by Gasteiger charge is 2.13. The van der Waals surface area contributed by atoms with Gasteiger partial charge < -0.3 is 20.7 Å². The third kappa shape index (κ3) is 5.75. The number of hydrogen-bond donors (Lipinski definition) is 3. The molecule has 2 amide bonds. The van der Waals surface area contributed by atoms with E-state index in [1.165, 1.54) is 0 Å². The minimum atomic E-state index is -0.483. The fourth-order valence-corrected chi connectivity index (χ4v) is 2.92. The molecule has 0 aromatic heterocycles. The summed E-state index contributed by atoms with van der Waals surface area (Å²) in [4.78, 5) is 24.8. The molecule has 6 nitrogen and oxygen atoms in total. The number of hydrogen-bond acceptors (Lipinski definition) is 4. The fraction of sp³-hybridized carbons (Fsp3) is 0.130. The van der Waals surface area contributed by atoms with Crippen LogP contribution in [0.4, 0.5) is 17.1 Å². The molecule has 1 atom stereocenters. The summed E-state index contributed by atoms with van der Waals surface area (Å²) in [5, 5.41) is 9.31. The van der Waals surface area contributed by atoms with E-state index >= 15 is 0 Å². The summed E-state index contributed by atoms with van der Waals surface area (Å²) in [5.41, 5.74) is 2.54. The summed E-state index contributed by atoms with van der Waals surface area (Å²) in [7, 11) is 1.59. The molecule has 0 spiro atoms. The first-order valence-electron chi connectivity index (χ1n) is 9.33. The highest BCUT2D eigenvalue weighted by molar-refractivity contribution is 6.30. The molecule has 0 fully saturated rings. The van der Waals surface area contributed by atoms with Gasteiger partial charge in [0.1, 0.15) is 11.8 Å². The number of rotatable bonds is 7. The molecule has 3 aromatic carbocycles.